The molecule has 0 aromatic carbocycles. The third-order valence-corrected chi connectivity index (χ3v) is 4.00. The minimum Gasteiger partial charge on any atom is -0.466 e. The van der Waals surface area contributed by atoms with E-state index in [-0.39, 0.29) is 30.3 Å². The fourth-order valence-electron chi connectivity index (χ4n) is 2.68. The summed E-state index contributed by atoms with van der Waals surface area (Å²) in [6.45, 7) is 7.82. The maximum absolute atomic E-state index is 12.5. The van der Waals surface area contributed by atoms with E-state index in [0.29, 0.717) is 50.3 Å². The first-order chi connectivity index (χ1) is 10.4. The van der Waals surface area contributed by atoms with E-state index in [1.54, 1.807) is 17.9 Å². The minimum atomic E-state index is -0.0166. The Balaban J connectivity index is 0.00000264. The Morgan fingerprint density at radius 3 is 2.26 bits per heavy atom. The van der Waals surface area contributed by atoms with E-state index >= 15 is 0 Å². The largest absolute Gasteiger partial charge is 0.466 e. The summed E-state index contributed by atoms with van der Waals surface area (Å²) in [6.07, 6.45) is 1.18. The Morgan fingerprint density at radius 2 is 1.78 bits per heavy atom. The van der Waals surface area contributed by atoms with Crippen LogP contribution in [0.15, 0.2) is 10.5 Å². The average Bonchev–Trinajstić information content (AvgIpc) is 2.83. The molecule has 2 amide bonds. The highest BCUT2D eigenvalue weighted by Crippen LogP contribution is 2.17. The predicted octanol–water partition coefficient (Wildman–Crippen LogP) is 1.73. The second kappa shape index (κ2) is 8.36. The second-order valence-electron chi connectivity index (χ2n) is 6.02. The van der Waals surface area contributed by atoms with Crippen molar-refractivity contribution in [3.63, 3.8) is 0 Å². The molecule has 2 heterocycles. The first kappa shape index (κ1) is 19.5. The van der Waals surface area contributed by atoms with E-state index < -0.39 is 0 Å². The maximum Gasteiger partial charge on any atom is 0.257 e. The number of aryl methyl sites for hydroxylation is 2. The first-order valence-electron chi connectivity index (χ1n) is 7.78. The van der Waals surface area contributed by atoms with Crippen molar-refractivity contribution in [1.29, 1.82) is 0 Å². The van der Waals surface area contributed by atoms with Crippen molar-refractivity contribution in [3.8, 4) is 0 Å². The van der Waals surface area contributed by atoms with Crippen molar-refractivity contribution in [2.45, 2.75) is 39.7 Å². The Kier molecular flexibility index (Phi) is 7.09. The summed E-state index contributed by atoms with van der Waals surface area (Å²) < 4.78 is 5.42. The van der Waals surface area contributed by atoms with Crippen molar-refractivity contribution >= 4 is 24.2 Å². The number of nitrogens with two attached hydrogens (primary N) is 1. The summed E-state index contributed by atoms with van der Waals surface area (Å²) in [5.74, 6) is 1.50. The highest BCUT2D eigenvalue weighted by atomic mass is 35.5. The van der Waals surface area contributed by atoms with Gasteiger partial charge in [0, 0.05) is 38.6 Å². The maximum atomic E-state index is 12.5. The zero-order valence-electron chi connectivity index (χ0n) is 14.0. The summed E-state index contributed by atoms with van der Waals surface area (Å²) in [5, 5.41) is 0. The molecule has 130 valence electrons. The lowest BCUT2D eigenvalue weighted by molar-refractivity contribution is -0.132. The molecule has 7 heteroatoms. The van der Waals surface area contributed by atoms with E-state index in [2.05, 4.69) is 0 Å². The molecule has 0 aliphatic carbocycles. The standard InChI is InChI=1S/C16H25N3O3.ClH/c1-11(17)4-5-15(20)18-6-8-19(9-7-18)16(21)14-10-12(2)22-13(14)3;/h10-11H,4-9,17H2,1-3H3;1H. The van der Waals surface area contributed by atoms with Crippen molar-refractivity contribution in [2.24, 2.45) is 5.73 Å². The monoisotopic (exact) mass is 343 g/mol. The molecule has 1 saturated heterocycles. The Morgan fingerprint density at radius 1 is 1.22 bits per heavy atom. The van der Waals surface area contributed by atoms with Crippen molar-refractivity contribution < 1.29 is 14.0 Å². The van der Waals surface area contributed by atoms with Crippen LogP contribution in [0, 0.1) is 13.8 Å². The van der Waals surface area contributed by atoms with Gasteiger partial charge in [-0.3, -0.25) is 9.59 Å². The van der Waals surface area contributed by atoms with Gasteiger partial charge in [0.15, 0.2) is 0 Å². The number of rotatable bonds is 4. The van der Waals surface area contributed by atoms with Crippen LogP contribution >= 0.6 is 12.4 Å². The van der Waals surface area contributed by atoms with Crippen LogP contribution < -0.4 is 5.73 Å². The Labute approximate surface area is 143 Å². The highest BCUT2D eigenvalue weighted by Gasteiger charge is 2.26. The van der Waals surface area contributed by atoms with Crippen LogP contribution in [0.25, 0.3) is 0 Å². The van der Waals surface area contributed by atoms with Gasteiger partial charge in [0.1, 0.15) is 11.5 Å². The zero-order chi connectivity index (χ0) is 16.3. The van der Waals surface area contributed by atoms with Crippen LogP contribution in [0.2, 0.25) is 0 Å². The highest BCUT2D eigenvalue weighted by molar-refractivity contribution is 5.95. The summed E-state index contributed by atoms with van der Waals surface area (Å²) in [6, 6.07) is 1.82. The lowest BCUT2D eigenvalue weighted by Crippen LogP contribution is -2.50. The Hall–Kier alpha value is -1.53. The normalized spacial score (nSPS) is 16.0. The van der Waals surface area contributed by atoms with Gasteiger partial charge < -0.3 is 20.0 Å². The predicted molar refractivity (Wildman–Crippen MR) is 90.8 cm³/mol. The van der Waals surface area contributed by atoms with Gasteiger partial charge in [-0.05, 0) is 33.3 Å². The average molecular weight is 344 g/mol. The SMILES string of the molecule is Cc1cc(C(=O)N2CCN(C(=O)CCC(C)N)CC2)c(C)o1.Cl. The molecule has 0 saturated carbocycles. The number of carbonyl (C=O) groups is 2. The molecule has 2 N–H and O–H groups in total. The molecule has 1 atom stereocenters. The fraction of sp³-hybridized carbons (Fsp3) is 0.625. The number of amides is 2. The summed E-state index contributed by atoms with van der Waals surface area (Å²) >= 11 is 0. The summed E-state index contributed by atoms with van der Waals surface area (Å²) in [5.41, 5.74) is 6.30. The van der Waals surface area contributed by atoms with Crippen LogP contribution in [0.1, 0.15) is 41.6 Å². The zero-order valence-corrected chi connectivity index (χ0v) is 14.8. The number of hydrogen-bond donors (Lipinski definition) is 1. The topological polar surface area (TPSA) is 79.8 Å². The van der Waals surface area contributed by atoms with Gasteiger partial charge in [-0.15, -0.1) is 12.4 Å². The third kappa shape index (κ3) is 4.97. The van der Waals surface area contributed by atoms with Gasteiger partial charge in [-0.25, -0.2) is 0 Å². The number of piperazine rings is 1. The van der Waals surface area contributed by atoms with Crippen LogP contribution in [-0.2, 0) is 4.79 Å². The second-order valence-corrected chi connectivity index (χ2v) is 6.02. The molecular formula is C16H26ClN3O3. The van der Waals surface area contributed by atoms with Crippen LogP contribution in [-0.4, -0.2) is 53.8 Å². The molecule has 6 nitrogen and oxygen atoms in total. The van der Waals surface area contributed by atoms with Gasteiger partial charge in [0.05, 0.1) is 5.56 Å². The van der Waals surface area contributed by atoms with Gasteiger partial charge >= 0.3 is 0 Å². The van der Waals surface area contributed by atoms with Gasteiger partial charge in [0.2, 0.25) is 5.91 Å². The molecule has 1 fully saturated rings. The molecule has 0 spiro atoms. The molecule has 1 aliphatic rings. The summed E-state index contributed by atoms with van der Waals surface area (Å²) in [4.78, 5) is 28.1. The summed E-state index contributed by atoms with van der Waals surface area (Å²) in [7, 11) is 0. The van der Waals surface area contributed by atoms with Gasteiger partial charge in [-0.1, -0.05) is 0 Å². The first-order valence-corrected chi connectivity index (χ1v) is 7.78. The molecular weight excluding hydrogens is 318 g/mol. The van der Waals surface area contributed by atoms with E-state index in [1.165, 1.54) is 0 Å². The molecule has 1 unspecified atom stereocenters. The molecule has 1 aromatic rings. The number of carbonyl (C=O) groups excluding carboxylic acids is 2. The van der Waals surface area contributed by atoms with Crippen molar-refractivity contribution in [2.75, 3.05) is 26.2 Å². The van der Waals surface area contributed by atoms with E-state index in [9.17, 15) is 9.59 Å². The number of furan rings is 1. The number of hydrogen-bond acceptors (Lipinski definition) is 4. The molecule has 0 radical (unpaired) electrons. The fourth-order valence-corrected chi connectivity index (χ4v) is 2.68. The van der Waals surface area contributed by atoms with Gasteiger partial charge in [0.25, 0.3) is 5.91 Å². The quantitative estimate of drug-likeness (QED) is 0.902. The Bertz CT molecular complexity index is 549. The van der Waals surface area contributed by atoms with Crippen LogP contribution in [0.3, 0.4) is 0 Å². The smallest absolute Gasteiger partial charge is 0.257 e. The van der Waals surface area contributed by atoms with E-state index in [1.807, 2.05) is 18.7 Å². The lowest BCUT2D eigenvalue weighted by atomic mass is 10.1. The van der Waals surface area contributed by atoms with E-state index in [0.717, 1.165) is 5.76 Å². The van der Waals surface area contributed by atoms with Crippen LogP contribution in [0.5, 0.6) is 0 Å². The molecule has 1 aromatic heterocycles. The van der Waals surface area contributed by atoms with Crippen molar-refractivity contribution in [3.05, 3.63) is 23.2 Å². The number of nitrogens with zero attached hydrogens (tertiary/aromatic N) is 2. The lowest BCUT2D eigenvalue weighted by Gasteiger charge is -2.34. The van der Waals surface area contributed by atoms with Gasteiger partial charge in [-0.2, -0.15) is 0 Å². The molecule has 2 rings (SSSR count). The molecule has 0 bridgehead atoms. The van der Waals surface area contributed by atoms with Crippen molar-refractivity contribution in [1.82, 2.24) is 9.80 Å². The molecule has 1 aliphatic heterocycles. The van der Waals surface area contributed by atoms with E-state index in [4.69, 9.17) is 10.2 Å². The minimum absolute atomic E-state index is 0. The molecule has 23 heavy (non-hydrogen) atoms. The number of halogens is 1. The third-order valence-electron chi connectivity index (χ3n) is 4.00. The van der Waals surface area contributed by atoms with Crippen LogP contribution in [0.4, 0.5) is 0 Å².